The lowest BCUT2D eigenvalue weighted by atomic mass is 9.43. The van der Waals surface area contributed by atoms with Gasteiger partial charge in [0.05, 0.1) is 31.5 Å². The highest BCUT2D eigenvalue weighted by Gasteiger charge is 2.70. The summed E-state index contributed by atoms with van der Waals surface area (Å²) in [4.78, 5) is 0. The second kappa shape index (κ2) is 9.85. The maximum atomic E-state index is 10.9. The predicted octanol–water partition coefficient (Wildman–Crippen LogP) is 3.23. The SMILES string of the molecule is C[C@H]1CC[C@@]2(OC1)O[C@H]1C[C@H]3[C@@H]4CC[C@@H]5C[C@@H](O)C[C@@H](O[C@@H]6OC[C@@H](O)[C@H](O)[C@H]6O)[C@]5(C)[C@H]4CC[C@]3(C)[C@H]1[C@@H]2C. The zero-order chi connectivity index (χ0) is 28.2. The van der Waals surface area contributed by atoms with Crippen molar-refractivity contribution in [1.29, 1.82) is 0 Å². The minimum atomic E-state index is -1.32. The molecule has 3 saturated heterocycles. The smallest absolute Gasteiger partial charge is 0.186 e. The van der Waals surface area contributed by atoms with E-state index in [1.165, 1.54) is 19.3 Å². The van der Waals surface area contributed by atoms with Gasteiger partial charge in [0.1, 0.15) is 18.3 Å². The van der Waals surface area contributed by atoms with Gasteiger partial charge < -0.3 is 39.4 Å². The van der Waals surface area contributed by atoms with Crippen molar-refractivity contribution in [2.75, 3.05) is 13.2 Å². The third-order valence-corrected chi connectivity index (χ3v) is 13.7. The fourth-order valence-corrected chi connectivity index (χ4v) is 11.5. The second-order valence-corrected chi connectivity index (χ2v) is 15.5. The number of aliphatic hydroxyl groups excluding tert-OH is 4. The molecule has 7 rings (SSSR count). The van der Waals surface area contributed by atoms with Crippen molar-refractivity contribution in [3.05, 3.63) is 0 Å². The number of rotatable bonds is 2. The van der Waals surface area contributed by atoms with Gasteiger partial charge >= 0.3 is 0 Å². The molecule has 40 heavy (non-hydrogen) atoms. The summed E-state index contributed by atoms with van der Waals surface area (Å²) < 4.78 is 25.6. The van der Waals surface area contributed by atoms with Gasteiger partial charge in [-0.1, -0.05) is 27.7 Å². The number of hydrogen-bond acceptors (Lipinski definition) is 8. The van der Waals surface area contributed by atoms with Crippen LogP contribution in [0.3, 0.4) is 0 Å². The molecule has 0 aromatic heterocycles. The summed E-state index contributed by atoms with van der Waals surface area (Å²) in [7, 11) is 0. The largest absolute Gasteiger partial charge is 0.393 e. The minimum Gasteiger partial charge on any atom is -0.393 e. The van der Waals surface area contributed by atoms with Gasteiger partial charge in [-0.15, -0.1) is 0 Å². The van der Waals surface area contributed by atoms with Crippen molar-refractivity contribution in [2.24, 2.45) is 52.3 Å². The molecule has 3 heterocycles. The molecule has 7 aliphatic rings. The predicted molar refractivity (Wildman–Crippen MR) is 146 cm³/mol. The van der Waals surface area contributed by atoms with E-state index < -0.39 is 36.5 Å². The Morgan fingerprint density at radius 3 is 2.38 bits per heavy atom. The van der Waals surface area contributed by atoms with Crippen molar-refractivity contribution in [3.8, 4) is 0 Å². The monoisotopic (exact) mass is 564 g/mol. The van der Waals surface area contributed by atoms with Crippen LogP contribution < -0.4 is 0 Å². The molecule has 4 saturated carbocycles. The molecule has 0 bridgehead atoms. The summed E-state index contributed by atoms with van der Waals surface area (Å²) in [5.74, 6) is 3.13. The molecule has 0 unspecified atom stereocenters. The van der Waals surface area contributed by atoms with Crippen LogP contribution in [0, 0.1) is 52.3 Å². The topological polar surface area (TPSA) is 118 Å². The van der Waals surface area contributed by atoms with Gasteiger partial charge in [0.15, 0.2) is 12.1 Å². The number of ether oxygens (including phenoxy) is 4. The van der Waals surface area contributed by atoms with E-state index in [-0.39, 0.29) is 29.6 Å². The molecule has 1 spiro atoms. The highest BCUT2D eigenvalue weighted by Crippen LogP contribution is 2.71. The molecule has 8 heteroatoms. The summed E-state index contributed by atoms with van der Waals surface area (Å²) in [5, 5.41) is 41.8. The molecule has 228 valence electrons. The highest BCUT2D eigenvalue weighted by atomic mass is 16.7. The summed E-state index contributed by atoms with van der Waals surface area (Å²) in [6.45, 7) is 10.3. The quantitative estimate of drug-likeness (QED) is 0.404. The second-order valence-electron chi connectivity index (χ2n) is 15.5. The van der Waals surface area contributed by atoms with Gasteiger partial charge in [-0.3, -0.25) is 0 Å². The van der Waals surface area contributed by atoms with Crippen LogP contribution in [0.25, 0.3) is 0 Å². The molecule has 17 atom stereocenters. The van der Waals surface area contributed by atoms with Crippen LogP contribution in [0.1, 0.15) is 85.5 Å². The summed E-state index contributed by atoms with van der Waals surface area (Å²) in [5.41, 5.74) is 0.0828. The van der Waals surface area contributed by atoms with Gasteiger partial charge in [0.2, 0.25) is 0 Å². The normalized spacial score (nSPS) is 61.5. The van der Waals surface area contributed by atoms with Crippen LogP contribution in [0.4, 0.5) is 0 Å². The molecule has 0 aromatic carbocycles. The molecule has 4 N–H and O–H groups in total. The Hall–Kier alpha value is -0.320. The van der Waals surface area contributed by atoms with Crippen molar-refractivity contribution in [2.45, 2.75) is 134 Å². The molecule has 3 aliphatic heterocycles. The van der Waals surface area contributed by atoms with Gasteiger partial charge in [-0.25, -0.2) is 0 Å². The summed E-state index contributed by atoms with van der Waals surface area (Å²) in [6.07, 6.45) is 3.96. The Bertz CT molecular complexity index is 953. The van der Waals surface area contributed by atoms with Crippen LogP contribution >= 0.6 is 0 Å². The van der Waals surface area contributed by atoms with E-state index >= 15 is 0 Å². The van der Waals surface area contributed by atoms with Gasteiger partial charge in [0, 0.05) is 18.8 Å². The van der Waals surface area contributed by atoms with Gasteiger partial charge in [-0.2, -0.15) is 0 Å². The van der Waals surface area contributed by atoms with E-state index in [2.05, 4.69) is 27.7 Å². The van der Waals surface area contributed by atoms with E-state index in [1.807, 2.05) is 0 Å². The Kier molecular flexibility index (Phi) is 7.00. The van der Waals surface area contributed by atoms with E-state index in [1.54, 1.807) is 0 Å². The lowest BCUT2D eigenvalue weighted by Crippen LogP contribution is -2.62. The first-order valence-corrected chi connectivity index (χ1v) is 16.3. The Morgan fingerprint density at radius 1 is 0.825 bits per heavy atom. The zero-order valence-corrected chi connectivity index (χ0v) is 24.8. The fourth-order valence-electron chi connectivity index (χ4n) is 11.5. The molecule has 0 amide bonds. The average molecular weight is 565 g/mol. The van der Waals surface area contributed by atoms with E-state index in [0.29, 0.717) is 47.8 Å². The Morgan fingerprint density at radius 2 is 1.62 bits per heavy atom. The molecule has 0 aromatic rings. The van der Waals surface area contributed by atoms with Crippen LogP contribution in [0.5, 0.6) is 0 Å². The molecule has 7 fully saturated rings. The van der Waals surface area contributed by atoms with Gasteiger partial charge in [-0.05, 0) is 91.3 Å². The third-order valence-electron chi connectivity index (χ3n) is 13.7. The maximum Gasteiger partial charge on any atom is 0.186 e. The van der Waals surface area contributed by atoms with E-state index in [4.69, 9.17) is 18.9 Å². The highest BCUT2D eigenvalue weighted by molar-refractivity contribution is 5.16. The van der Waals surface area contributed by atoms with E-state index in [9.17, 15) is 20.4 Å². The lowest BCUT2D eigenvalue weighted by Gasteiger charge is -2.63. The number of fused-ring (bicyclic) bond motifs is 7. The first-order chi connectivity index (χ1) is 19.0. The number of aliphatic hydroxyl groups is 4. The molecule has 4 aliphatic carbocycles. The Balaban J connectivity index is 1.14. The Labute approximate surface area is 239 Å². The van der Waals surface area contributed by atoms with Crippen LogP contribution in [0.15, 0.2) is 0 Å². The molecular formula is C32H52O8. The first-order valence-electron chi connectivity index (χ1n) is 16.3. The molecule has 0 radical (unpaired) electrons. The number of hydrogen-bond donors (Lipinski definition) is 4. The maximum absolute atomic E-state index is 10.9. The molecular weight excluding hydrogens is 512 g/mol. The van der Waals surface area contributed by atoms with Crippen LogP contribution in [-0.2, 0) is 18.9 Å². The average Bonchev–Trinajstić information content (AvgIpc) is 3.36. The van der Waals surface area contributed by atoms with E-state index in [0.717, 1.165) is 38.7 Å². The molecule has 8 nitrogen and oxygen atoms in total. The van der Waals surface area contributed by atoms with Crippen molar-refractivity contribution < 1.29 is 39.4 Å². The van der Waals surface area contributed by atoms with Crippen molar-refractivity contribution in [1.82, 2.24) is 0 Å². The minimum absolute atomic E-state index is 0.0735. The summed E-state index contributed by atoms with van der Waals surface area (Å²) in [6, 6.07) is 0. The van der Waals surface area contributed by atoms with Crippen molar-refractivity contribution >= 4 is 0 Å². The lowest BCUT2D eigenvalue weighted by molar-refractivity contribution is -0.313. The fraction of sp³-hybridized carbons (Fsp3) is 1.00. The zero-order valence-electron chi connectivity index (χ0n) is 24.8. The summed E-state index contributed by atoms with van der Waals surface area (Å²) >= 11 is 0. The first kappa shape index (κ1) is 28.5. The van der Waals surface area contributed by atoms with Crippen LogP contribution in [-0.4, -0.2) is 82.3 Å². The third kappa shape index (κ3) is 3.99. The van der Waals surface area contributed by atoms with Crippen molar-refractivity contribution in [3.63, 3.8) is 0 Å². The standard InChI is InChI=1S/C32H52O8/c1-16-7-10-32(38-14-16)17(2)26-24(40-32)13-22-20-6-5-18-11-19(33)12-25(31(18,4)21(20)8-9-30(22,26)3)39-29-28(36)27(35)23(34)15-37-29/h16-29,33-36H,5-15H2,1-4H3/t16-,17-,18+,19+,20+,21-,22-,23+,24-,25+,26-,27-,28+,29-,30-,31-,32+/m0/s1. The van der Waals surface area contributed by atoms with Crippen LogP contribution in [0.2, 0.25) is 0 Å². The van der Waals surface area contributed by atoms with Gasteiger partial charge in [0.25, 0.3) is 0 Å².